The molecular weight excluding hydrogens is 252 g/mol. The van der Waals surface area contributed by atoms with Gasteiger partial charge in [0.15, 0.2) is 5.78 Å². The molecule has 1 aromatic carbocycles. The molecule has 3 rings (SSSR count). The molecule has 1 aromatic heterocycles. The van der Waals surface area contributed by atoms with E-state index in [9.17, 15) is 4.79 Å². The lowest BCUT2D eigenvalue weighted by atomic mass is 9.79. The zero-order chi connectivity index (χ0) is 13.1. The molecule has 1 aliphatic rings. The van der Waals surface area contributed by atoms with E-state index in [-0.39, 0.29) is 5.92 Å². The number of ketones is 1. The maximum Gasteiger partial charge on any atom is 0.159 e. The fraction of sp³-hybridized carbons (Fsp3) is 0.235. The highest BCUT2D eigenvalue weighted by atomic mass is 32.1. The molecule has 0 N–H and O–H groups in total. The van der Waals surface area contributed by atoms with Crippen molar-refractivity contribution in [2.24, 2.45) is 0 Å². The van der Waals surface area contributed by atoms with Crippen LogP contribution in [0, 0.1) is 0 Å². The summed E-state index contributed by atoms with van der Waals surface area (Å²) in [5.41, 5.74) is 3.39. The van der Waals surface area contributed by atoms with Crippen molar-refractivity contribution in [3.05, 3.63) is 63.9 Å². The van der Waals surface area contributed by atoms with Gasteiger partial charge >= 0.3 is 0 Å². The Labute approximate surface area is 117 Å². The largest absolute Gasteiger partial charge is 0.295 e. The van der Waals surface area contributed by atoms with Crippen LogP contribution >= 0.6 is 11.3 Å². The topological polar surface area (TPSA) is 17.1 Å². The monoisotopic (exact) mass is 268 g/mol. The van der Waals surface area contributed by atoms with Crippen molar-refractivity contribution in [2.75, 3.05) is 0 Å². The molecule has 0 saturated heterocycles. The zero-order valence-corrected chi connectivity index (χ0v) is 11.5. The Morgan fingerprint density at radius 1 is 1.16 bits per heavy atom. The van der Waals surface area contributed by atoms with E-state index in [1.165, 1.54) is 5.56 Å². The average molecular weight is 268 g/mol. The van der Waals surface area contributed by atoms with E-state index in [0.29, 0.717) is 12.2 Å². The lowest BCUT2D eigenvalue weighted by molar-refractivity contribution is -0.116. The van der Waals surface area contributed by atoms with Crippen LogP contribution in [0.5, 0.6) is 0 Å². The molecule has 96 valence electrons. The Balaban J connectivity index is 1.99. The number of carbonyl (C=O) groups is 1. The lowest BCUT2D eigenvalue weighted by Gasteiger charge is -2.24. The average Bonchev–Trinajstić information content (AvgIpc) is 2.96. The first kappa shape index (κ1) is 12.4. The minimum atomic E-state index is 0.285. The van der Waals surface area contributed by atoms with E-state index in [1.54, 1.807) is 11.3 Å². The van der Waals surface area contributed by atoms with Gasteiger partial charge in [0, 0.05) is 17.9 Å². The Morgan fingerprint density at radius 3 is 2.74 bits per heavy atom. The molecule has 2 aromatic rings. The summed E-state index contributed by atoms with van der Waals surface area (Å²) in [5, 5.41) is 4.26. The van der Waals surface area contributed by atoms with E-state index in [4.69, 9.17) is 0 Å². The summed E-state index contributed by atoms with van der Waals surface area (Å²) in [4.78, 5) is 12.2. The van der Waals surface area contributed by atoms with Gasteiger partial charge in [0.1, 0.15) is 0 Å². The van der Waals surface area contributed by atoms with Crippen molar-refractivity contribution in [3.63, 3.8) is 0 Å². The van der Waals surface area contributed by atoms with E-state index in [2.05, 4.69) is 35.0 Å². The van der Waals surface area contributed by atoms with Gasteiger partial charge in [0.2, 0.25) is 0 Å². The number of thiophene rings is 1. The fourth-order valence-electron chi connectivity index (χ4n) is 2.69. The maximum atomic E-state index is 12.2. The summed E-state index contributed by atoms with van der Waals surface area (Å²) >= 11 is 1.70. The van der Waals surface area contributed by atoms with Crippen LogP contribution in [-0.2, 0) is 4.79 Å². The third-order valence-electron chi connectivity index (χ3n) is 3.66. The second kappa shape index (κ2) is 5.54. The minimum absolute atomic E-state index is 0.285. The van der Waals surface area contributed by atoms with Crippen LogP contribution in [0.2, 0.25) is 0 Å². The number of rotatable bonds is 2. The summed E-state index contributed by atoms with van der Waals surface area (Å²) in [6.07, 6.45) is 4.86. The highest BCUT2D eigenvalue weighted by Crippen LogP contribution is 2.37. The summed E-state index contributed by atoms with van der Waals surface area (Å²) in [6.45, 7) is 0. The number of Topliss-reactive ketones (excluding diaryl/α,β-unsaturated/α-hetero) is 1. The third-order valence-corrected chi connectivity index (χ3v) is 4.36. The van der Waals surface area contributed by atoms with Gasteiger partial charge in [0.05, 0.1) is 0 Å². The predicted octanol–water partition coefficient (Wildman–Crippen LogP) is 4.67. The Bertz CT molecular complexity index is 581. The van der Waals surface area contributed by atoms with Crippen molar-refractivity contribution in [1.82, 2.24) is 0 Å². The van der Waals surface area contributed by atoms with Crippen molar-refractivity contribution < 1.29 is 4.79 Å². The highest BCUT2D eigenvalue weighted by Gasteiger charge is 2.26. The van der Waals surface area contributed by atoms with E-state index < -0.39 is 0 Å². The lowest BCUT2D eigenvalue weighted by Crippen LogP contribution is -2.17. The summed E-state index contributed by atoms with van der Waals surface area (Å²) in [6, 6.07) is 12.3. The highest BCUT2D eigenvalue weighted by molar-refractivity contribution is 7.08. The molecule has 0 amide bonds. The number of hydrogen-bond donors (Lipinski definition) is 0. The van der Waals surface area contributed by atoms with Crippen LogP contribution < -0.4 is 0 Å². The summed E-state index contributed by atoms with van der Waals surface area (Å²) in [5.74, 6) is 0.596. The molecule has 1 heterocycles. The molecule has 2 heteroatoms. The van der Waals surface area contributed by atoms with Crippen LogP contribution in [-0.4, -0.2) is 5.78 Å². The first-order chi connectivity index (χ1) is 9.34. The third kappa shape index (κ3) is 2.69. The molecule has 0 radical (unpaired) electrons. The number of benzene rings is 1. The SMILES string of the molecule is O=C1CCCC(c2ccsc2)C1=Cc1ccccc1. The molecule has 1 atom stereocenters. The van der Waals surface area contributed by atoms with Crippen LogP contribution in [0.4, 0.5) is 0 Å². The van der Waals surface area contributed by atoms with Crippen LogP contribution in [0.25, 0.3) is 6.08 Å². The number of allylic oxidation sites excluding steroid dienone is 1. The minimum Gasteiger partial charge on any atom is -0.295 e. The molecule has 1 unspecified atom stereocenters. The molecule has 0 bridgehead atoms. The quantitative estimate of drug-likeness (QED) is 0.723. The van der Waals surface area contributed by atoms with Crippen molar-refractivity contribution >= 4 is 23.2 Å². The van der Waals surface area contributed by atoms with Gasteiger partial charge in [-0.25, -0.2) is 0 Å². The summed E-state index contributed by atoms with van der Waals surface area (Å²) in [7, 11) is 0. The number of carbonyl (C=O) groups excluding carboxylic acids is 1. The van der Waals surface area contributed by atoms with Gasteiger partial charge in [-0.1, -0.05) is 30.3 Å². The van der Waals surface area contributed by atoms with Crippen molar-refractivity contribution in [1.29, 1.82) is 0 Å². The van der Waals surface area contributed by atoms with Crippen molar-refractivity contribution in [3.8, 4) is 0 Å². The van der Waals surface area contributed by atoms with Gasteiger partial charge in [-0.2, -0.15) is 11.3 Å². The van der Waals surface area contributed by atoms with Gasteiger partial charge in [-0.05, 0) is 46.9 Å². The summed E-state index contributed by atoms with van der Waals surface area (Å²) < 4.78 is 0. The van der Waals surface area contributed by atoms with Crippen LogP contribution in [0.15, 0.2) is 52.7 Å². The second-order valence-electron chi connectivity index (χ2n) is 4.94. The van der Waals surface area contributed by atoms with E-state index in [1.807, 2.05) is 18.2 Å². The number of hydrogen-bond acceptors (Lipinski definition) is 2. The van der Waals surface area contributed by atoms with E-state index in [0.717, 1.165) is 24.0 Å². The molecular formula is C17H16OS. The van der Waals surface area contributed by atoms with Crippen LogP contribution in [0.3, 0.4) is 0 Å². The van der Waals surface area contributed by atoms with Gasteiger partial charge < -0.3 is 0 Å². The molecule has 0 aliphatic heterocycles. The second-order valence-corrected chi connectivity index (χ2v) is 5.72. The first-order valence-corrected chi connectivity index (χ1v) is 7.61. The smallest absolute Gasteiger partial charge is 0.159 e. The Kier molecular flexibility index (Phi) is 3.60. The molecule has 1 fully saturated rings. The molecule has 19 heavy (non-hydrogen) atoms. The molecule has 1 aliphatic carbocycles. The fourth-order valence-corrected chi connectivity index (χ4v) is 3.40. The maximum absolute atomic E-state index is 12.2. The first-order valence-electron chi connectivity index (χ1n) is 6.66. The van der Waals surface area contributed by atoms with E-state index >= 15 is 0 Å². The normalized spacial score (nSPS) is 21.8. The predicted molar refractivity (Wildman–Crippen MR) is 80.3 cm³/mol. The van der Waals surface area contributed by atoms with Crippen molar-refractivity contribution in [2.45, 2.75) is 25.2 Å². The van der Waals surface area contributed by atoms with Crippen LogP contribution in [0.1, 0.15) is 36.3 Å². The molecule has 0 spiro atoms. The standard InChI is InChI=1S/C17H16OS/c18-17-8-4-7-15(14-9-10-19-12-14)16(17)11-13-5-2-1-3-6-13/h1-3,5-6,9-12,15H,4,7-8H2. The Hall–Kier alpha value is -1.67. The zero-order valence-electron chi connectivity index (χ0n) is 10.7. The Morgan fingerprint density at radius 2 is 2.00 bits per heavy atom. The molecule has 1 saturated carbocycles. The van der Waals surface area contributed by atoms with Gasteiger partial charge in [-0.3, -0.25) is 4.79 Å². The molecule has 1 nitrogen and oxygen atoms in total. The van der Waals surface area contributed by atoms with Gasteiger partial charge in [0.25, 0.3) is 0 Å². The van der Waals surface area contributed by atoms with Gasteiger partial charge in [-0.15, -0.1) is 0 Å².